The highest BCUT2D eigenvalue weighted by Crippen LogP contribution is 2.49. The van der Waals surface area contributed by atoms with E-state index in [4.69, 9.17) is 14.2 Å². The minimum atomic E-state index is -0.805. The lowest BCUT2D eigenvalue weighted by Crippen LogP contribution is -2.15. The summed E-state index contributed by atoms with van der Waals surface area (Å²) in [5.74, 6) is 0.0861. The zero-order valence-corrected chi connectivity index (χ0v) is 19.7. The molecule has 0 aromatic heterocycles. The first-order chi connectivity index (χ1) is 13.7. The fourth-order valence-corrected chi connectivity index (χ4v) is 4.45. The van der Waals surface area contributed by atoms with E-state index in [2.05, 4.69) is 31.9 Å². The number of fused-ring (bicyclic) bond motifs is 2. The van der Waals surface area contributed by atoms with Gasteiger partial charge in [0.2, 0.25) is 0 Å². The number of aromatic hydroxyl groups is 1. The Labute approximate surface area is 186 Å². The Hall–Kier alpha value is -1.77. The first-order valence-corrected chi connectivity index (χ1v) is 10.7. The van der Waals surface area contributed by atoms with E-state index in [0.29, 0.717) is 26.5 Å². The molecule has 0 saturated heterocycles. The molecule has 0 radical (unpaired) electrons. The number of cyclic esters (lactones) is 1. The lowest BCUT2D eigenvalue weighted by atomic mass is 9.96. The zero-order chi connectivity index (χ0) is 21.5. The molecule has 0 spiro atoms. The summed E-state index contributed by atoms with van der Waals surface area (Å²) >= 11 is 6.84. The number of phenolic OH excluding ortho intramolecular Hbond substituents is 1. The summed E-state index contributed by atoms with van der Waals surface area (Å²) in [5, 5.41) is 21.2. The number of ether oxygens (including phenoxy) is 3. The van der Waals surface area contributed by atoms with Crippen molar-refractivity contribution in [2.75, 3.05) is 7.11 Å². The SMILES string of the molecule is COc1c(C(O)CC(C)C)ccc2c1C(=O)OCc1c(Br)c(C)c(Br)c(O)c1O2. The zero-order valence-electron chi connectivity index (χ0n) is 16.5. The Balaban J connectivity index is 2.19. The van der Waals surface area contributed by atoms with Gasteiger partial charge in [-0.25, -0.2) is 4.79 Å². The van der Waals surface area contributed by atoms with Crippen LogP contribution in [0.25, 0.3) is 0 Å². The first kappa shape index (κ1) is 21.9. The predicted octanol–water partition coefficient (Wildman–Crippen LogP) is 5.78. The number of carbonyl (C=O) groups excluding carboxylic acids is 1. The number of aliphatic hydroxyl groups excluding tert-OH is 1. The van der Waals surface area contributed by atoms with Crippen molar-refractivity contribution in [1.29, 1.82) is 0 Å². The maximum Gasteiger partial charge on any atom is 0.346 e. The van der Waals surface area contributed by atoms with Gasteiger partial charge in [0.25, 0.3) is 0 Å². The molecule has 0 bridgehead atoms. The van der Waals surface area contributed by atoms with E-state index in [1.807, 2.05) is 20.8 Å². The van der Waals surface area contributed by atoms with Crippen molar-refractivity contribution < 1.29 is 29.2 Å². The van der Waals surface area contributed by atoms with Crippen LogP contribution in [0.3, 0.4) is 0 Å². The topological polar surface area (TPSA) is 85.2 Å². The van der Waals surface area contributed by atoms with Crippen LogP contribution >= 0.6 is 31.9 Å². The fraction of sp³-hybridized carbons (Fsp3) is 0.381. The van der Waals surface area contributed by atoms with Crippen LogP contribution in [-0.4, -0.2) is 23.3 Å². The lowest BCUT2D eigenvalue weighted by molar-refractivity contribution is 0.0453. The van der Waals surface area contributed by atoms with Crippen LogP contribution in [0.5, 0.6) is 23.0 Å². The molecule has 1 atom stereocenters. The summed E-state index contributed by atoms with van der Waals surface area (Å²) in [6.07, 6.45) is -0.298. The van der Waals surface area contributed by atoms with E-state index in [1.165, 1.54) is 7.11 Å². The predicted molar refractivity (Wildman–Crippen MR) is 115 cm³/mol. The monoisotopic (exact) mass is 528 g/mol. The highest BCUT2D eigenvalue weighted by atomic mass is 79.9. The highest BCUT2D eigenvalue weighted by Gasteiger charge is 2.31. The first-order valence-electron chi connectivity index (χ1n) is 9.10. The second-order valence-electron chi connectivity index (χ2n) is 7.29. The number of aliphatic hydroxyl groups is 1. The molecule has 2 aromatic carbocycles. The molecule has 3 rings (SSSR count). The molecule has 8 heteroatoms. The van der Waals surface area contributed by atoms with Crippen LogP contribution in [-0.2, 0) is 11.3 Å². The molecule has 6 nitrogen and oxygen atoms in total. The standard InChI is InChI=1S/C21H22Br2O6/c1-9(2)7-13(24)11-5-6-14-15(19(11)27-4)21(26)28-8-12-16(22)10(3)17(23)18(25)20(12)29-14/h5-6,9,13,24-25H,7-8H2,1-4H3. The number of rotatable bonds is 4. The lowest BCUT2D eigenvalue weighted by Gasteiger charge is -2.24. The number of esters is 1. The normalized spacial score (nSPS) is 14.3. The van der Waals surface area contributed by atoms with Crippen molar-refractivity contribution in [3.8, 4) is 23.0 Å². The summed E-state index contributed by atoms with van der Waals surface area (Å²) < 4.78 is 18.1. The second kappa shape index (κ2) is 8.53. The van der Waals surface area contributed by atoms with Crippen LogP contribution in [0.1, 0.15) is 53.4 Å². The van der Waals surface area contributed by atoms with Gasteiger partial charge in [0.1, 0.15) is 23.7 Å². The fourth-order valence-electron chi connectivity index (χ4n) is 3.32. The molecule has 0 saturated carbocycles. The van der Waals surface area contributed by atoms with Gasteiger partial charge in [0.15, 0.2) is 11.5 Å². The van der Waals surface area contributed by atoms with E-state index >= 15 is 0 Å². The number of hydrogen-bond acceptors (Lipinski definition) is 6. The van der Waals surface area contributed by atoms with E-state index in [9.17, 15) is 15.0 Å². The Kier molecular flexibility index (Phi) is 6.45. The molecule has 1 heterocycles. The second-order valence-corrected chi connectivity index (χ2v) is 8.88. The molecular weight excluding hydrogens is 508 g/mol. The van der Waals surface area contributed by atoms with Crippen LogP contribution in [0, 0.1) is 12.8 Å². The van der Waals surface area contributed by atoms with Crippen LogP contribution in [0.2, 0.25) is 0 Å². The van der Waals surface area contributed by atoms with Gasteiger partial charge in [-0.15, -0.1) is 0 Å². The molecule has 0 fully saturated rings. The average Bonchev–Trinajstić information content (AvgIpc) is 2.67. The third-order valence-corrected chi connectivity index (χ3v) is 6.84. The van der Waals surface area contributed by atoms with Crippen LogP contribution < -0.4 is 9.47 Å². The summed E-state index contributed by atoms with van der Waals surface area (Å²) in [4.78, 5) is 12.8. The molecule has 2 N–H and O–H groups in total. The molecule has 0 aliphatic carbocycles. The quantitative estimate of drug-likeness (QED) is 0.488. The number of phenols is 1. The molecule has 2 aromatic rings. The number of methoxy groups -OCH3 is 1. The van der Waals surface area contributed by atoms with Crippen molar-refractivity contribution >= 4 is 37.8 Å². The van der Waals surface area contributed by atoms with Crippen molar-refractivity contribution in [2.24, 2.45) is 5.92 Å². The average molecular weight is 530 g/mol. The van der Waals surface area contributed by atoms with Crippen LogP contribution in [0.15, 0.2) is 21.1 Å². The summed E-state index contributed by atoms with van der Waals surface area (Å²) in [6, 6.07) is 3.24. The van der Waals surface area contributed by atoms with Gasteiger partial charge in [-0.2, -0.15) is 0 Å². The van der Waals surface area contributed by atoms with Crippen molar-refractivity contribution in [3.05, 3.63) is 43.3 Å². The maximum atomic E-state index is 12.8. The third kappa shape index (κ3) is 3.98. The van der Waals surface area contributed by atoms with Crippen molar-refractivity contribution in [2.45, 2.75) is 39.9 Å². The smallest absolute Gasteiger partial charge is 0.346 e. The van der Waals surface area contributed by atoms with Gasteiger partial charge in [-0.05, 0) is 68.8 Å². The van der Waals surface area contributed by atoms with Gasteiger partial charge in [-0.3, -0.25) is 0 Å². The molecule has 0 amide bonds. The molecule has 1 aliphatic rings. The summed E-state index contributed by atoms with van der Waals surface area (Å²) in [7, 11) is 1.43. The molecule has 1 unspecified atom stereocenters. The number of carbonyl (C=O) groups is 1. The van der Waals surface area contributed by atoms with E-state index < -0.39 is 12.1 Å². The molecule has 156 valence electrons. The van der Waals surface area contributed by atoms with Crippen molar-refractivity contribution in [3.63, 3.8) is 0 Å². The summed E-state index contributed by atoms with van der Waals surface area (Å²) in [5.41, 5.74) is 1.83. The Morgan fingerprint density at radius 3 is 2.55 bits per heavy atom. The Morgan fingerprint density at radius 1 is 1.24 bits per heavy atom. The highest BCUT2D eigenvalue weighted by molar-refractivity contribution is 9.11. The Morgan fingerprint density at radius 2 is 1.93 bits per heavy atom. The van der Waals surface area contributed by atoms with Gasteiger partial charge >= 0.3 is 5.97 Å². The van der Waals surface area contributed by atoms with Gasteiger partial charge in [0.05, 0.1) is 23.2 Å². The van der Waals surface area contributed by atoms with Crippen LogP contribution in [0.4, 0.5) is 0 Å². The number of hydrogen-bond donors (Lipinski definition) is 2. The van der Waals surface area contributed by atoms with E-state index in [1.54, 1.807) is 12.1 Å². The summed E-state index contributed by atoms with van der Waals surface area (Å²) in [6.45, 7) is 5.71. The largest absolute Gasteiger partial charge is 0.503 e. The van der Waals surface area contributed by atoms with E-state index in [-0.39, 0.29) is 41.1 Å². The van der Waals surface area contributed by atoms with Gasteiger partial charge in [0, 0.05) is 10.0 Å². The minimum absolute atomic E-state index is 0.0747. The van der Waals surface area contributed by atoms with E-state index in [0.717, 1.165) is 5.56 Å². The Bertz CT molecular complexity index is 971. The minimum Gasteiger partial charge on any atom is -0.503 e. The molecular formula is C21H22Br2O6. The number of halogens is 2. The van der Waals surface area contributed by atoms with Gasteiger partial charge < -0.3 is 24.4 Å². The van der Waals surface area contributed by atoms with Crippen molar-refractivity contribution in [1.82, 2.24) is 0 Å². The van der Waals surface area contributed by atoms with Gasteiger partial charge in [-0.1, -0.05) is 13.8 Å². The maximum absolute atomic E-state index is 12.8. The molecule has 1 aliphatic heterocycles. The third-order valence-electron chi connectivity index (χ3n) is 4.79. The molecule has 29 heavy (non-hydrogen) atoms. The number of benzene rings is 2.